The monoisotopic (exact) mass is 496 g/mol. The highest BCUT2D eigenvalue weighted by Gasteiger charge is 2.46. The van der Waals surface area contributed by atoms with E-state index in [1.807, 2.05) is 19.1 Å². The molecular formula is C27H29ClN2O5. The van der Waals surface area contributed by atoms with Crippen LogP contribution in [-0.4, -0.2) is 72.1 Å². The van der Waals surface area contributed by atoms with Gasteiger partial charge in [0, 0.05) is 43.2 Å². The second-order valence-electron chi connectivity index (χ2n) is 9.31. The molecule has 3 heterocycles. The fourth-order valence-corrected chi connectivity index (χ4v) is 5.35. The highest BCUT2D eigenvalue weighted by atomic mass is 35.5. The molecule has 5 rings (SSSR count). The molecule has 2 fully saturated rings. The van der Waals surface area contributed by atoms with E-state index in [1.165, 1.54) is 0 Å². The van der Waals surface area contributed by atoms with E-state index < -0.39 is 17.7 Å². The van der Waals surface area contributed by atoms with E-state index in [4.69, 9.17) is 21.1 Å². The average Bonchev–Trinajstić information content (AvgIpc) is 3.35. The number of ether oxygens (including phenoxy) is 2. The lowest BCUT2D eigenvalue weighted by Gasteiger charge is -2.29. The molecule has 35 heavy (non-hydrogen) atoms. The Hall–Kier alpha value is -2.87. The average molecular weight is 497 g/mol. The molecule has 0 radical (unpaired) electrons. The number of ketones is 1. The number of nitrogens with zero attached hydrogens (tertiary/aromatic N) is 2. The number of hydrogen-bond donors (Lipinski definition) is 1. The molecule has 2 aromatic rings. The normalized spacial score (nSPS) is 24.0. The van der Waals surface area contributed by atoms with Gasteiger partial charge in [0.2, 0.25) is 0 Å². The predicted octanol–water partition coefficient (Wildman–Crippen LogP) is 3.81. The Bertz CT molecular complexity index is 1170. The van der Waals surface area contributed by atoms with Crippen LogP contribution in [0.25, 0.3) is 5.76 Å². The van der Waals surface area contributed by atoms with Gasteiger partial charge in [0.25, 0.3) is 11.7 Å². The highest BCUT2D eigenvalue weighted by molar-refractivity contribution is 6.46. The van der Waals surface area contributed by atoms with Crippen molar-refractivity contribution < 1.29 is 24.2 Å². The fraction of sp³-hybridized carbons (Fsp3) is 0.407. The summed E-state index contributed by atoms with van der Waals surface area (Å²) < 4.78 is 11.2. The van der Waals surface area contributed by atoms with Crippen LogP contribution in [0.2, 0.25) is 5.02 Å². The molecule has 0 saturated carbocycles. The summed E-state index contributed by atoms with van der Waals surface area (Å²) in [4.78, 5) is 30.3. The first kappa shape index (κ1) is 23.9. The Kier molecular flexibility index (Phi) is 6.82. The number of halogens is 1. The molecule has 7 nitrogen and oxygen atoms in total. The van der Waals surface area contributed by atoms with Gasteiger partial charge in [-0.1, -0.05) is 23.7 Å². The van der Waals surface area contributed by atoms with Crippen LogP contribution in [-0.2, 0) is 20.7 Å². The van der Waals surface area contributed by atoms with Gasteiger partial charge >= 0.3 is 0 Å². The number of likely N-dealkylation sites (tertiary alicyclic amines) is 1. The van der Waals surface area contributed by atoms with Crippen molar-refractivity contribution in [3.8, 4) is 5.75 Å². The molecule has 2 aromatic carbocycles. The molecule has 0 unspecified atom stereocenters. The van der Waals surface area contributed by atoms with E-state index in [0.717, 1.165) is 37.4 Å². The van der Waals surface area contributed by atoms with Crippen molar-refractivity contribution in [2.24, 2.45) is 0 Å². The molecule has 0 aliphatic carbocycles. The first-order valence-electron chi connectivity index (χ1n) is 12.1. The molecule has 8 heteroatoms. The van der Waals surface area contributed by atoms with Crippen molar-refractivity contribution >= 4 is 29.1 Å². The van der Waals surface area contributed by atoms with Crippen LogP contribution in [0, 0.1) is 0 Å². The van der Waals surface area contributed by atoms with Crippen LogP contribution in [0.5, 0.6) is 5.75 Å². The van der Waals surface area contributed by atoms with Crippen molar-refractivity contribution in [1.29, 1.82) is 0 Å². The summed E-state index contributed by atoms with van der Waals surface area (Å²) in [6, 6.07) is 11.8. The molecule has 3 aliphatic rings. The zero-order valence-corrected chi connectivity index (χ0v) is 20.5. The number of benzene rings is 2. The van der Waals surface area contributed by atoms with E-state index in [0.29, 0.717) is 42.3 Å². The van der Waals surface area contributed by atoms with Gasteiger partial charge in [0.1, 0.15) is 17.6 Å². The number of amides is 1. The molecular weight excluding hydrogens is 468 g/mol. The summed E-state index contributed by atoms with van der Waals surface area (Å²) in [7, 11) is 0. The van der Waals surface area contributed by atoms with Crippen molar-refractivity contribution in [2.45, 2.75) is 31.9 Å². The third-order valence-electron chi connectivity index (χ3n) is 6.85. The van der Waals surface area contributed by atoms with Gasteiger partial charge in [0.15, 0.2) is 0 Å². The molecule has 0 bridgehead atoms. The molecule has 2 saturated heterocycles. The summed E-state index contributed by atoms with van der Waals surface area (Å²) in [6.07, 6.45) is 1.49. The smallest absolute Gasteiger partial charge is 0.295 e. The summed E-state index contributed by atoms with van der Waals surface area (Å²) in [5, 5.41) is 11.8. The summed E-state index contributed by atoms with van der Waals surface area (Å²) in [6.45, 7) is 6.31. The minimum absolute atomic E-state index is 0.0610. The fourth-order valence-electron chi connectivity index (χ4n) is 5.15. The molecule has 1 N–H and O–H groups in total. The summed E-state index contributed by atoms with van der Waals surface area (Å²) in [5.41, 5.74) is 2.26. The molecule has 184 valence electrons. The Balaban J connectivity index is 1.48. The third kappa shape index (κ3) is 4.81. The number of aliphatic hydroxyl groups is 1. The van der Waals surface area contributed by atoms with Gasteiger partial charge in [-0.05, 0) is 54.8 Å². The first-order valence-corrected chi connectivity index (χ1v) is 12.4. The zero-order valence-electron chi connectivity index (χ0n) is 19.7. The quantitative estimate of drug-likeness (QED) is 0.372. The minimum atomic E-state index is -0.707. The van der Waals surface area contributed by atoms with Gasteiger partial charge in [-0.25, -0.2) is 0 Å². The largest absolute Gasteiger partial charge is 0.507 e. The van der Waals surface area contributed by atoms with E-state index in [1.54, 1.807) is 35.2 Å². The van der Waals surface area contributed by atoms with Crippen molar-refractivity contribution in [3.63, 3.8) is 0 Å². The third-order valence-corrected chi connectivity index (χ3v) is 7.09. The second-order valence-corrected chi connectivity index (χ2v) is 9.75. The lowest BCUT2D eigenvalue weighted by atomic mass is 9.94. The molecule has 3 aliphatic heterocycles. The van der Waals surface area contributed by atoms with Gasteiger partial charge in [-0.15, -0.1) is 0 Å². The first-order chi connectivity index (χ1) is 16.9. The van der Waals surface area contributed by atoms with E-state index in [2.05, 4.69) is 4.90 Å². The van der Waals surface area contributed by atoms with Crippen molar-refractivity contribution in [2.75, 3.05) is 39.4 Å². The predicted molar refractivity (Wildman–Crippen MR) is 133 cm³/mol. The van der Waals surface area contributed by atoms with E-state index >= 15 is 0 Å². The van der Waals surface area contributed by atoms with Crippen LogP contribution in [0.15, 0.2) is 48.0 Å². The number of hydrogen-bond acceptors (Lipinski definition) is 6. The van der Waals surface area contributed by atoms with Gasteiger partial charge in [0.05, 0.1) is 24.8 Å². The lowest BCUT2D eigenvalue weighted by Crippen LogP contribution is -2.38. The maximum Gasteiger partial charge on any atom is 0.295 e. The Morgan fingerprint density at radius 1 is 1.11 bits per heavy atom. The van der Waals surface area contributed by atoms with E-state index in [9.17, 15) is 14.7 Å². The maximum atomic E-state index is 13.3. The van der Waals surface area contributed by atoms with Crippen LogP contribution >= 0.6 is 11.6 Å². The van der Waals surface area contributed by atoms with Crippen molar-refractivity contribution in [1.82, 2.24) is 9.80 Å². The Morgan fingerprint density at radius 3 is 2.69 bits per heavy atom. The SMILES string of the molecule is C[C@@H]1Cc2cc(C(O)=C3C(=O)C(=O)N(CCCN4CCOCC4)[C@H]3c3cccc(Cl)c3)ccc2O1. The van der Waals surface area contributed by atoms with Gasteiger partial charge in [-0.2, -0.15) is 0 Å². The maximum absolute atomic E-state index is 13.3. The van der Waals surface area contributed by atoms with Crippen LogP contribution in [0.1, 0.15) is 36.1 Å². The Labute approximate surface area is 209 Å². The second kappa shape index (κ2) is 10.0. The zero-order chi connectivity index (χ0) is 24.5. The molecule has 0 spiro atoms. The van der Waals surface area contributed by atoms with Crippen LogP contribution < -0.4 is 4.74 Å². The van der Waals surface area contributed by atoms with Gasteiger partial charge < -0.3 is 19.5 Å². The lowest BCUT2D eigenvalue weighted by molar-refractivity contribution is -0.140. The van der Waals surface area contributed by atoms with Crippen LogP contribution in [0.4, 0.5) is 0 Å². The van der Waals surface area contributed by atoms with E-state index in [-0.39, 0.29) is 17.4 Å². The summed E-state index contributed by atoms with van der Waals surface area (Å²) >= 11 is 6.27. The van der Waals surface area contributed by atoms with Crippen molar-refractivity contribution in [3.05, 3.63) is 69.8 Å². The number of rotatable bonds is 6. The Morgan fingerprint density at radius 2 is 1.91 bits per heavy atom. The molecule has 1 amide bonds. The molecule has 2 atom stereocenters. The van der Waals surface area contributed by atoms with Crippen LogP contribution in [0.3, 0.4) is 0 Å². The minimum Gasteiger partial charge on any atom is -0.507 e. The molecule has 0 aromatic heterocycles. The number of morpholine rings is 1. The number of aliphatic hydroxyl groups excluding tert-OH is 1. The number of carbonyl (C=O) groups excluding carboxylic acids is 2. The standard InChI is InChI=1S/C27H29ClN2O5/c1-17-14-20-15-19(6-7-22(20)35-17)25(31)23-24(18-4-2-5-21(28)16-18)30(27(33)26(23)32)9-3-8-29-10-12-34-13-11-29/h2,4-7,15-17,24,31H,3,8-14H2,1H3/t17-,24+/m1/s1. The summed E-state index contributed by atoms with van der Waals surface area (Å²) in [5.74, 6) is -0.670. The van der Waals surface area contributed by atoms with Gasteiger partial charge in [-0.3, -0.25) is 14.5 Å². The number of Topliss-reactive ketones (excluding diaryl/α,β-unsaturated/α-hetero) is 1. The number of carbonyl (C=O) groups is 2. The number of fused-ring (bicyclic) bond motifs is 1. The highest BCUT2D eigenvalue weighted by Crippen LogP contribution is 2.41. The topological polar surface area (TPSA) is 79.3 Å².